The Bertz CT molecular complexity index is 445. The molecule has 0 fully saturated rings. The summed E-state index contributed by atoms with van der Waals surface area (Å²) in [4.78, 5) is 19.0. The van der Waals surface area contributed by atoms with Gasteiger partial charge in [0.2, 0.25) is 6.08 Å². The van der Waals surface area contributed by atoms with Crippen molar-refractivity contribution >= 4 is 16.9 Å². The van der Waals surface area contributed by atoms with Crippen LogP contribution in [-0.4, -0.2) is 11.2 Å². The van der Waals surface area contributed by atoms with Crippen LogP contribution in [0.1, 0.15) is 0 Å². The number of isocyanates is 1. The highest BCUT2D eigenvalue weighted by molar-refractivity contribution is 6.01. The molecule has 2 N–H and O–H groups in total. The van der Waals surface area contributed by atoms with Crippen LogP contribution in [0.3, 0.4) is 0 Å². The maximum Gasteiger partial charge on any atom is 0.231 e. The van der Waals surface area contributed by atoms with E-state index in [1.165, 1.54) is 6.07 Å². The summed E-state index contributed by atoms with van der Waals surface area (Å²) in [5.74, 6) is 0.109. The van der Waals surface area contributed by atoms with E-state index >= 15 is 0 Å². The minimum absolute atomic E-state index is 0.0162. The van der Waals surface area contributed by atoms with E-state index in [0.717, 1.165) is 6.08 Å². The molecule has 0 atom stereocenters. The second kappa shape index (κ2) is 2.98. The van der Waals surface area contributed by atoms with Gasteiger partial charge in [0, 0.05) is 5.39 Å². The van der Waals surface area contributed by atoms with Gasteiger partial charge in [0.1, 0.15) is 5.75 Å². The molecular formula is C8H5NO3. The van der Waals surface area contributed by atoms with Crippen molar-refractivity contribution in [1.82, 2.24) is 0 Å². The first-order valence-electron chi connectivity index (χ1n) is 3.13. The molecule has 60 valence electrons. The third kappa shape index (κ3) is 1.24. The van der Waals surface area contributed by atoms with E-state index in [0.29, 0.717) is 10.8 Å². The fraction of sp³-hybridized carbons (Fsp3) is 0. The zero-order valence-electron chi connectivity index (χ0n) is 6.00. The van der Waals surface area contributed by atoms with E-state index in [1.54, 1.807) is 12.1 Å². The maximum absolute atomic E-state index is 10.6. The first-order chi connectivity index (χ1) is 5.72. The molecule has 0 radical (unpaired) electrons. The smallest absolute Gasteiger partial charge is 0.231 e. The van der Waals surface area contributed by atoms with Crippen LogP contribution in [0.2, 0.25) is 0 Å². The lowest BCUT2D eigenvalue weighted by atomic mass is 10.3. The third-order valence-corrected chi connectivity index (χ3v) is 1.45. The van der Waals surface area contributed by atoms with E-state index < -0.39 is 0 Å². The lowest BCUT2D eigenvalue weighted by Gasteiger charge is -1.80. The zero-order valence-corrected chi connectivity index (χ0v) is 6.00. The molecular weight excluding hydrogens is 158 g/mol. The van der Waals surface area contributed by atoms with Crippen molar-refractivity contribution in [3.05, 3.63) is 28.4 Å². The molecule has 12 heavy (non-hydrogen) atoms. The molecule has 0 unspecified atom stereocenters. The van der Waals surface area contributed by atoms with Crippen molar-refractivity contribution in [2.45, 2.75) is 0 Å². The van der Waals surface area contributed by atoms with Crippen molar-refractivity contribution in [3.63, 3.8) is 0 Å². The number of aromatic hydroxyl groups is 1. The second-order valence-corrected chi connectivity index (χ2v) is 2.13. The topological polar surface area (TPSA) is 78.2 Å². The van der Waals surface area contributed by atoms with E-state index in [9.17, 15) is 4.79 Å². The Morgan fingerprint density at radius 1 is 1.42 bits per heavy atom. The van der Waals surface area contributed by atoms with Crippen LogP contribution in [0.4, 0.5) is 0 Å². The Morgan fingerprint density at radius 3 is 2.42 bits per heavy atom. The highest BCUT2D eigenvalue weighted by Crippen LogP contribution is 2.24. The molecule has 0 amide bonds. The molecule has 2 aromatic rings. The van der Waals surface area contributed by atoms with Crippen LogP contribution < -0.4 is 5.43 Å². The summed E-state index contributed by atoms with van der Waals surface area (Å²) in [5, 5.41) is 15.5. The third-order valence-electron chi connectivity index (χ3n) is 1.45. The zero-order chi connectivity index (χ0) is 9.14. The monoisotopic (exact) mass is 163 g/mol. The van der Waals surface area contributed by atoms with Gasteiger partial charge in [-0.3, -0.25) is 4.79 Å². The largest absolute Gasteiger partial charge is 0.507 e. The number of rotatable bonds is 0. The number of hydrogen-bond donors (Lipinski definition) is 2. The van der Waals surface area contributed by atoms with Gasteiger partial charge in [-0.1, -0.05) is 12.1 Å². The summed E-state index contributed by atoms with van der Waals surface area (Å²) in [7, 11) is 0. The summed E-state index contributed by atoms with van der Waals surface area (Å²) in [6, 6.07) is 4.89. The highest BCUT2D eigenvalue weighted by atomic mass is 16.3. The van der Waals surface area contributed by atoms with Crippen LogP contribution >= 0.6 is 0 Å². The molecule has 0 aliphatic rings. The van der Waals surface area contributed by atoms with E-state index in [4.69, 9.17) is 15.3 Å². The fourth-order valence-electron chi connectivity index (χ4n) is 0.916. The van der Waals surface area contributed by atoms with Gasteiger partial charge in [-0.15, -0.1) is 0 Å². The maximum atomic E-state index is 10.6. The quantitative estimate of drug-likeness (QED) is 0.442. The van der Waals surface area contributed by atoms with Gasteiger partial charge in [0.15, 0.2) is 5.43 Å². The van der Waals surface area contributed by atoms with Crippen LogP contribution in [0.5, 0.6) is 5.75 Å². The summed E-state index contributed by atoms with van der Waals surface area (Å²) >= 11 is 0. The Morgan fingerprint density at radius 2 is 2.00 bits per heavy atom. The summed E-state index contributed by atoms with van der Waals surface area (Å²) in [6.45, 7) is 0. The first kappa shape index (κ1) is 8.17. The van der Waals surface area contributed by atoms with Crippen molar-refractivity contribution in [3.8, 4) is 5.75 Å². The minimum atomic E-state index is -0.0162. The van der Waals surface area contributed by atoms with Crippen molar-refractivity contribution in [1.29, 1.82) is 5.41 Å². The average Bonchev–Trinajstić information content (AvgIpc) is 2.66. The van der Waals surface area contributed by atoms with Gasteiger partial charge in [-0.2, -0.15) is 0 Å². The SMILES string of the molecule is N=C=O.O=c1c2cccc(O)c12. The molecule has 0 heterocycles. The Kier molecular flexibility index (Phi) is 2.03. The van der Waals surface area contributed by atoms with E-state index in [2.05, 4.69) is 0 Å². The number of fused-ring (bicyclic) bond motifs is 1. The molecule has 4 nitrogen and oxygen atoms in total. The average molecular weight is 163 g/mol. The van der Waals surface area contributed by atoms with Crippen molar-refractivity contribution in [2.24, 2.45) is 0 Å². The molecule has 2 rings (SSSR count). The lowest BCUT2D eigenvalue weighted by Crippen LogP contribution is -1.67. The number of carbonyl (C=O) groups excluding carboxylic acids is 1. The molecule has 0 aliphatic heterocycles. The molecule has 0 spiro atoms. The number of phenolic OH excluding ortho intramolecular Hbond substituents is 1. The Labute approximate surface area is 67.3 Å². The molecule has 2 aromatic carbocycles. The Balaban J connectivity index is 0.000000213. The number of benzene rings is 1. The van der Waals surface area contributed by atoms with Gasteiger partial charge in [-0.05, 0) is 6.07 Å². The molecule has 0 saturated carbocycles. The summed E-state index contributed by atoms with van der Waals surface area (Å²) < 4.78 is 0. The van der Waals surface area contributed by atoms with Crippen LogP contribution in [0.25, 0.3) is 10.8 Å². The molecule has 0 aromatic heterocycles. The lowest BCUT2D eigenvalue weighted by molar-refractivity contribution is 0.482. The van der Waals surface area contributed by atoms with Crippen LogP contribution in [0.15, 0.2) is 23.0 Å². The van der Waals surface area contributed by atoms with Gasteiger partial charge < -0.3 is 5.11 Å². The van der Waals surface area contributed by atoms with Gasteiger partial charge >= 0.3 is 0 Å². The van der Waals surface area contributed by atoms with Crippen LogP contribution in [-0.2, 0) is 4.79 Å². The second-order valence-electron chi connectivity index (χ2n) is 2.13. The first-order valence-corrected chi connectivity index (χ1v) is 3.13. The Hall–Kier alpha value is -1.93. The van der Waals surface area contributed by atoms with E-state index in [-0.39, 0.29) is 11.2 Å². The molecule has 0 bridgehead atoms. The van der Waals surface area contributed by atoms with Crippen molar-refractivity contribution < 1.29 is 9.90 Å². The van der Waals surface area contributed by atoms with E-state index in [1.807, 2.05) is 0 Å². The molecule has 0 saturated heterocycles. The summed E-state index contributed by atoms with van der Waals surface area (Å²) in [5.41, 5.74) is -0.0162. The minimum Gasteiger partial charge on any atom is -0.507 e. The normalized spacial score (nSPS) is 9.00. The number of phenols is 1. The predicted molar refractivity (Wildman–Crippen MR) is 42.7 cm³/mol. The highest BCUT2D eigenvalue weighted by Gasteiger charge is 2.14. The number of nitrogens with one attached hydrogen (secondary N) is 1. The van der Waals surface area contributed by atoms with Crippen LogP contribution in [0, 0.1) is 5.41 Å². The number of hydrogen-bond acceptors (Lipinski definition) is 4. The summed E-state index contributed by atoms with van der Waals surface area (Å²) in [6.07, 6.45) is 0.750. The molecule has 0 aliphatic carbocycles. The molecule has 4 heteroatoms. The fourth-order valence-corrected chi connectivity index (χ4v) is 0.916. The standard InChI is InChI=1S/C7H4O2.CHNO/c8-5-3-1-2-4-6(5)7(4)9;2-1-3/h1-3,8H;2H. The van der Waals surface area contributed by atoms with Crippen molar-refractivity contribution in [2.75, 3.05) is 0 Å². The van der Waals surface area contributed by atoms with Gasteiger partial charge in [0.05, 0.1) is 5.39 Å². The van der Waals surface area contributed by atoms with Gasteiger partial charge in [0.25, 0.3) is 0 Å². The predicted octanol–water partition coefficient (Wildman–Crippen LogP) is 0.682. The van der Waals surface area contributed by atoms with Gasteiger partial charge in [-0.25, -0.2) is 10.2 Å².